The van der Waals surface area contributed by atoms with E-state index in [-0.39, 0.29) is 22.9 Å². The molecule has 1 aromatic heterocycles. The van der Waals surface area contributed by atoms with Gasteiger partial charge in [0.1, 0.15) is 0 Å². The molecule has 2 aromatic carbocycles. The summed E-state index contributed by atoms with van der Waals surface area (Å²) >= 11 is 0. The van der Waals surface area contributed by atoms with Crippen LogP contribution in [0.1, 0.15) is 32.0 Å². The molecule has 0 radical (unpaired) electrons. The number of anilines is 2. The van der Waals surface area contributed by atoms with E-state index in [4.69, 9.17) is 4.42 Å². The maximum atomic E-state index is 12.6. The number of benzene rings is 2. The van der Waals surface area contributed by atoms with Crippen molar-refractivity contribution in [2.24, 2.45) is 0 Å². The van der Waals surface area contributed by atoms with Gasteiger partial charge in [0, 0.05) is 35.1 Å². The average molecular weight is 391 g/mol. The summed E-state index contributed by atoms with van der Waals surface area (Å²) < 4.78 is 5.19. The molecule has 0 atom stereocenters. The van der Waals surface area contributed by atoms with Crippen molar-refractivity contribution >= 4 is 28.9 Å². The lowest BCUT2D eigenvalue weighted by Gasteiger charge is -2.16. The second kappa shape index (κ2) is 7.23. The average Bonchev–Trinajstić information content (AvgIpc) is 3.37. The highest BCUT2D eigenvalue weighted by molar-refractivity contribution is 6.07. The monoisotopic (exact) mass is 391 g/mol. The number of nitrogens with one attached hydrogen (secondary N) is 1. The fraction of sp³-hybridized carbons (Fsp3) is 0.143. The van der Waals surface area contributed by atoms with Gasteiger partial charge in [0.25, 0.3) is 17.5 Å². The fourth-order valence-electron chi connectivity index (χ4n) is 3.49. The Morgan fingerprint density at radius 2 is 2.00 bits per heavy atom. The number of carbonyl (C=O) groups is 2. The number of nitrogens with zero attached hydrogens (tertiary/aromatic N) is 2. The van der Waals surface area contributed by atoms with Gasteiger partial charge >= 0.3 is 0 Å². The number of hydrogen-bond donors (Lipinski definition) is 1. The van der Waals surface area contributed by atoms with E-state index in [0.29, 0.717) is 24.2 Å². The molecule has 146 valence electrons. The van der Waals surface area contributed by atoms with Crippen LogP contribution < -0.4 is 10.2 Å². The molecule has 3 aromatic rings. The molecule has 1 aliphatic heterocycles. The van der Waals surface area contributed by atoms with Crippen LogP contribution in [-0.4, -0.2) is 23.3 Å². The number of nitro groups is 1. The Morgan fingerprint density at radius 1 is 1.17 bits per heavy atom. The van der Waals surface area contributed by atoms with Gasteiger partial charge in [0.2, 0.25) is 0 Å². The van der Waals surface area contributed by atoms with Crippen LogP contribution in [-0.2, 0) is 6.42 Å². The van der Waals surface area contributed by atoms with Gasteiger partial charge in [-0.3, -0.25) is 19.7 Å². The number of fused-ring (bicyclic) bond motifs is 1. The van der Waals surface area contributed by atoms with Crippen molar-refractivity contribution < 1.29 is 18.9 Å². The summed E-state index contributed by atoms with van der Waals surface area (Å²) in [7, 11) is 0. The van der Waals surface area contributed by atoms with Crippen molar-refractivity contribution in [3.05, 3.63) is 87.4 Å². The number of amides is 2. The molecule has 4 rings (SSSR count). The number of rotatable bonds is 4. The summed E-state index contributed by atoms with van der Waals surface area (Å²) in [5.41, 5.74) is 2.72. The van der Waals surface area contributed by atoms with Crippen molar-refractivity contribution in [3.8, 4) is 0 Å². The Hall–Kier alpha value is -3.94. The first kappa shape index (κ1) is 18.4. The van der Waals surface area contributed by atoms with E-state index in [1.165, 1.54) is 18.4 Å². The largest absolute Gasteiger partial charge is 0.459 e. The van der Waals surface area contributed by atoms with Crippen molar-refractivity contribution in [3.63, 3.8) is 0 Å². The Bertz CT molecular complexity index is 1120. The maximum absolute atomic E-state index is 12.6. The highest BCUT2D eigenvalue weighted by atomic mass is 16.6. The highest BCUT2D eigenvalue weighted by Crippen LogP contribution is 2.32. The number of nitro benzene ring substituents is 1. The Morgan fingerprint density at radius 3 is 2.72 bits per heavy atom. The molecule has 0 saturated heterocycles. The summed E-state index contributed by atoms with van der Waals surface area (Å²) in [5, 5.41) is 13.9. The Labute approximate surface area is 165 Å². The lowest BCUT2D eigenvalue weighted by Crippen LogP contribution is -2.28. The number of carbonyl (C=O) groups excluding carboxylic acids is 2. The van der Waals surface area contributed by atoms with E-state index in [1.54, 1.807) is 42.2 Å². The van der Waals surface area contributed by atoms with Crippen LogP contribution in [0.5, 0.6) is 0 Å². The molecular weight excluding hydrogens is 374 g/mol. The first-order valence-electron chi connectivity index (χ1n) is 8.99. The van der Waals surface area contributed by atoms with Crippen LogP contribution >= 0.6 is 0 Å². The van der Waals surface area contributed by atoms with Gasteiger partial charge in [0.05, 0.1) is 11.2 Å². The van der Waals surface area contributed by atoms with Crippen LogP contribution in [0.25, 0.3) is 0 Å². The van der Waals surface area contributed by atoms with Gasteiger partial charge in [-0.15, -0.1) is 0 Å². The zero-order valence-electron chi connectivity index (χ0n) is 15.5. The van der Waals surface area contributed by atoms with Crippen molar-refractivity contribution in [1.82, 2.24) is 0 Å². The van der Waals surface area contributed by atoms with Crippen LogP contribution in [0.3, 0.4) is 0 Å². The third kappa shape index (κ3) is 3.36. The molecule has 29 heavy (non-hydrogen) atoms. The molecule has 0 aliphatic carbocycles. The molecule has 8 heteroatoms. The highest BCUT2D eigenvalue weighted by Gasteiger charge is 2.27. The number of hydrogen-bond acceptors (Lipinski definition) is 5. The molecule has 0 fully saturated rings. The molecule has 0 saturated carbocycles. The van der Waals surface area contributed by atoms with E-state index < -0.39 is 10.8 Å². The van der Waals surface area contributed by atoms with Gasteiger partial charge in [-0.2, -0.15) is 0 Å². The van der Waals surface area contributed by atoms with E-state index in [9.17, 15) is 19.7 Å². The van der Waals surface area contributed by atoms with Crippen LogP contribution in [0.2, 0.25) is 0 Å². The normalized spacial score (nSPS) is 12.5. The summed E-state index contributed by atoms with van der Waals surface area (Å²) in [6.07, 6.45) is 2.11. The summed E-state index contributed by atoms with van der Waals surface area (Å²) in [6, 6.07) is 13.0. The first-order valence-corrected chi connectivity index (χ1v) is 8.99. The predicted octanol–water partition coefficient (Wildman–Crippen LogP) is 3.95. The molecular formula is C21H17N3O5. The van der Waals surface area contributed by atoms with Gasteiger partial charge in [-0.1, -0.05) is 6.07 Å². The van der Waals surface area contributed by atoms with E-state index in [0.717, 1.165) is 11.3 Å². The summed E-state index contributed by atoms with van der Waals surface area (Å²) in [4.78, 5) is 37.4. The standard InChI is InChI=1S/C21H17N3O5/c1-13-16(4-2-5-17(13)24(27)28)20(25)22-15-7-8-18-14(12-15)9-10-23(18)21(26)19-6-3-11-29-19/h2-8,11-12H,9-10H2,1H3,(H,22,25). The molecule has 0 spiro atoms. The Balaban J connectivity index is 1.55. The molecule has 0 unspecified atom stereocenters. The molecule has 8 nitrogen and oxygen atoms in total. The third-order valence-electron chi connectivity index (χ3n) is 4.96. The first-order chi connectivity index (χ1) is 14.0. The van der Waals surface area contributed by atoms with E-state index in [1.807, 2.05) is 6.07 Å². The minimum atomic E-state index is -0.508. The topological polar surface area (TPSA) is 106 Å². The second-order valence-corrected chi connectivity index (χ2v) is 6.69. The lowest BCUT2D eigenvalue weighted by atomic mass is 10.1. The minimum absolute atomic E-state index is 0.0984. The fourth-order valence-corrected chi connectivity index (χ4v) is 3.49. The smallest absolute Gasteiger partial charge is 0.293 e. The van der Waals surface area contributed by atoms with E-state index in [2.05, 4.69) is 5.32 Å². The SMILES string of the molecule is Cc1c(C(=O)Nc2ccc3c(c2)CCN3C(=O)c2ccco2)cccc1[N+](=O)[O-]. The summed E-state index contributed by atoms with van der Waals surface area (Å²) in [6.45, 7) is 2.07. The lowest BCUT2D eigenvalue weighted by molar-refractivity contribution is -0.385. The second-order valence-electron chi connectivity index (χ2n) is 6.69. The van der Waals surface area contributed by atoms with Crippen molar-refractivity contribution in [2.75, 3.05) is 16.8 Å². The van der Waals surface area contributed by atoms with Crippen LogP contribution in [0.15, 0.2) is 59.2 Å². The molecule has 2 heterocycles. The number of furan rings is 1. The zero-order valence-corrected chi connectivity index (χ0v) is 15.5. The maximum Gasteiger partial charge on any atom is 0.293 e. The van der Waals surface area contributed by atoms with Crippen LogP contribution in [0, 0.1) is 17.0 Å². The summed E-state index contributed by atoms with van der Waals surface area (Å²) in [5.74, 6) is -0.359. The van der Waals surface area contributed by atoms with Crippen LogP contribution in [0.4, 0.5) is 17.1 Å². The van der Waals surface area contributed by atoms with Crippen molar-refractivity contribution in [1.29, 1.82) is 0 Å². The minimum Gasteiger partial charge on any atom is -0.459 e. The predicted molar refractivity (Wildman–Crippen MR) is 106 cm³/mol. The molecule has 2 amide bonds. The van der Waals surface area contributed by atoms with E-state index >= 15 is 0 Å². The molecule has 1 N–H and O–H groups in total. The van der Waals surface area contributed by atoms with Gasteiger partial charge in [0.15, 0.2) is 5.76 Å². The third-order valence-corrected chi connectivity index (χ3v) is 4.96. The molecule has 0 bridgehead atoms. The zero-order chi connectivity index (χ0) is 20.5. The quantitative estimate of drug-likeness (QED) is 0.535. The van der Waals surface area contributed by atoms with Gasteiger partial charge in [-0.05, 0) is 55.3 Å². The van der Waals surface area contributed by atoms with Gasteiger partial charge < -0.3 is 14.6 Å². The Kier molecular flexibility index (Phi) is 4.59. The molecule has 1 aliphatic rings. The van der Waals surface area contributed by atoms with Crippen molar-refractivity contribution in [2.45, 2.75) is 13.3 Å². The van der Waals surface area contributed by atoms with Gasteiger partial charge in [-0.25, -0.2) is 0 Å².